The van der Waals surface area contributed by atoms with Gasteiger partial charge in [0.25, 0.3) is 0 Å². The summed E-state index contributed by atoms with van der Waals surface area (Å²) in [6.07, 6.45) is 7.44. The van der Waals surface area contributed by atoms with Crippen LogP contribution in [0.1, 0.15) is 45.4 Å². The Kier molecular flexibility index (Phi) is 9.12. The van der Waals surface area contributed by atoms with Crippen LogP contribution in [-0.2, 0) is 6.54 Å². The summed E-state index contributed by atoms with van der Waals surface area (Å²) in [5.74, 6) is 0. The molecular formula is C48H43N7. The average Bonchev–Trinajstić information content (AvgIpc) is 3.53. The first-order chi connectivity index (χ1) is 27.0. The summed E-state index contributed by atoms with van der Waals surface area (Å²) in [7, 11) is 0. The van der Waals surface area contributed by atoms with E-state index >= 15 is 0 Å². The fraction of sp³-hybridized carbons (Fsp3) is 0.167. The monoisotopic (exact) mass is 717 g/mol. The highest BCUT2D eigenvalue weighted by molar-refractivity contribution is 6.11. The van der Waals surface area contributed by atoms with E-state index in [9.17, 15) is 0 Å². The summed E-state index contributed by atoms with van der Waals surface area (Å²) in [6.45, 7) is 3.21. The summed E-state index contributed by atoms with van der Waals surface area (Å²) in [5, 5.41) is 2.32. The molecule has 0 aliphatic heterocycles. The molecule has 3 aromatic heterocycles. The molecule has 0 saturated carbocycles. The maximum Gasteiger partial charge on any atom is 0.0973 e. The van der Waals surface area contributed by atoms with E-state index in [1.54, 1.807) is 0 Å². The topological polar surface area (TPSA) is 109 Å². The molecule has 0 bridgehead atoms. The molecule has 0 unspecified atom stereocenters. The van der Waals surface area contributed by atoms with E-state index in [4.69, 9.17) is 31.4 Å². The number of rotatable bonds is 11. The SMILES string of the molecule is CCCCCCCCn1c2ccc(-c3nc4cc(N)ccc4nc3-c3ccccc3)cc2c2cc(-c3nc4cc(N)ccc4nc3-c3ccccc3)ccc21. The van der Waals surface area contributed by atoms with Gasteiger partial charge >= 0.3 is 0 Å². The van der Waals surface area contributed by atoms with Gasteiger partial charge in [-0.25, -0.2) is 19.9 Å². The van der Waals surface area contributed by atoms with Gasteiger partial charge < -0.3 is 16.0 Å². The maximum atomic E-state index is 6.24. The molecule has 9 rings (SSSR count). The quantitative estimate of drug-likeness (QED) is 0.102. The summed E-state index contributed by atoms with van der Waals surface area (Å²) >= 11 is 0. The minimum absolute atomic E-state index is 0.662. The molecule has 6 aromatic carbocycles. The van der Waals surface area contributed by atoms with Gasteiger partial charge in [-0.15, -0.1) is 0 Å². The second-order valence-electron chi connectivity index (χ2n) is 14.5. The van der Waals surface area contributed by atoms with Gasteiger partial charge in [-0.1, -0.05) is 112 Å². The Bertz CT molecular complexity index is 2640. The van der Waals surface area contributed by atoms with E-state index in [-0.39, 0.29) is 0 Å². The molecular weight excluding hydrogens is 675 g/mol. The Hall–Kier alpha value is -6.60. The number of benzene rings is 6. The van der Waals surface area contributed by atoms with Gasteiger partial charge in [-0.3, -0.25) is 0 Å². The number of hydrogen-bond acceptors (Lipinski definition) is 6. The largest absolute Gasteiger partial charge is 0.399 e. The van der Waals surface area contributed by atoms with E-state index < -0.39 is 0 Å². The number of nitrogens with two attached hydrogens (primary N) is 2. The molecule has 4 N–H and O–H groups in total. The summed E-state index contributed by atoms with van der Waals surface area (Å²) < 4.78 is 2.49. The van der Waals surface area contributed by atoms with Crippen LogP contribution < -0.4 is 11.5 Å². The molecule has 7 nitrogen and oxygen atoms in total. The number of nitrogens with zero attached hydrogens (tertiary/aromatic N) is 5. The third kappa shape index (κ3) is 6.63. The fourth-order valence-electron chi connectivity index (χ4n) is 7.83. The lowest BCUT2D eigenvalue weighted by Gasteiger charge is -2.12. The van der Waals surface area contributed by atoms with Crippen LogP contribution in [-0.4, -0.2) is 24.5 Å². The zero-order valence-corrected chi connectivity index (χ0v) is 31.0. The van der Waals surface area contributed by atoms with Gasteiger partial charge in [0.1, 0.15) is 0 Å². The second kappa shape index (κ2) is 14.7. The normalized spacial score (nSPS) is 11.7. The molecule has 3 heterocycles. The molecule has 0 aliphatic rings. The molecule has 0 fully saturated rings. The maximum absolute atomic E-state index is 6.24. The van der Waals surface area contributed by atoms with Gasteiger partial charge in [-0.2, -0.15) is 0 Å². The van der Waals surface area contributed by atoms with Crippen LogP contribution in [0.15, 0.2) is 133 Å². The van der Waals surface area contributed by atoms with E-state index in [2.05, 4.69) is 72.2 Å². The van der Waals surface area contributed by atoms with Crippen molar-refractivity contribution in [3.05, 3.63) is 133 Å². The van der Waals surface area contributed by atoms with Gasteiger partial charge in [0.15, 0.2) is 0 Å². The Morgan fingerprint density at radius 3 is 1.35 bits per heavy atom. The van der Waals surface area contributed by atoms with Crippen molar-refractivity contribution in [2.24, 2.45) is 0 Å². The van der Waals surface area contributed by atoms with Crippen molar-refractivity contribution in [3.63, 3.8) is 0 Å². The van der Waals surface area contributed by atoms with E-state index in [1.807, 2.05) is 72.8 Å². The van der Waals surface area contributed by atoms with Gasteiger partial charge in [0.2, 0.25) is 0 Å². The van der Waals surface area contributed by atoms with Gasteiger partial charge in [-0.05, 0) is 67.1 Å². The van der Waals surface area contributed by atoms with Crippen LogP contribution >= 0.6 is 0 Å². The Labute approximate surface area is 320 Å². The standard InChI is InChI=1S/C48H43N7/c1-2-3-4-5-6-13-26-55-43-24-18-33(47-45(31-14-9-7-10-15-31)51-39-22-20-35(49)29-41(39)53-47)27-37(43)38-28-34(19-25-44(38)55)48-46(32-16-11-8-12-17-32)52-40-23-21-36(50)30-42(40)54-48/h7-12,14-25,27-30H,2-6,13,26,49-50H2,1H3. The van der Waals surface area contributed by atoms with Crippen molar-refractivity contribution < 1.29 is 0 Å². The van der Waals surface area contributed by atoms with E-state index in [0.717, 1.165) is 90.8 Å². The van der Waals surface area contributed by atoms with Crippen molar-refractivity contribution >= 4 is 55.2 Å². The summed E-state index contributed by atoms with van der Waals surface area (Å²) in [6, 6.07) is 45.6. The van der Waals surface area contributed by atoms with Gasteiger partial charge in [0, 0.05) is 62.0 Å². The third-order valence-electron chi connectivity index (χ3n) is 10.6. The summed E-state index contributed by atoms with van der Waals surface area (Å²) in [4.78, 5) is 20.8. The first kappa shape index (κ1) is 34.2. The molecule has 0 atom stereocenters. The molecule has 55 heavy (non-hydrogen) atoms. The molecule has 0 aliphatic carbocycles. The van der Waals surface area contributed by atoms with Crippen molar-refractivity contribution in [1.82, 2.24) is 24.5 Å². The molecule has 0 saturated heterocycles. The van der Waals surface area contributed by atoms with Crippen molar-refractivity contribution in [3.8, 4) is 45.0 Å². The molecule has 0 amide bonds. The van der Waals surface area contributed by atoms with Crippen molar-refractivity contribution in [2.75, 3.05) is 11.5 Å². The lowest BCUT2D eigenvalue weighted by Crippen LogP contribution is -1.99. The predicted molar refractivity (Wildman–Crippen MR) is 230 cm³/mol. The molecule has 270 valence electrons. The molecule has 0 spiro atoms. The van der Waals surface area contributed by atoms with E-state index in [0.29, 0.717) is 11.4 Å². The Balaban J connectivity index is 1.25. The molecule has 0 radical (unpaired) electrons. The summed E-state index contributed by atoms with van der Waals surface area (Å²) in [5.41, 5.74) is 26.7. The fourth-order valence-corrected chi connectivity index (χ4v) is 7.83. The van der Waals surface area contributed by atoms with E-state index in [1.165, 1.54) is 43.1 Å². The van der Waals surface area contributed by atoms with Gasteiger partial charge in [0.05, 0.1) is 44.8 Å². The minimum Gasteiger partial charge on any atom is -0.399 e. The highest BCUT2D eigenvalue weighted by atomic mass is 15.0. The number of hydrogen-bond donors (Lipinski definition) is 2. The highest BCUT2D eigenvalue weighted by Crippen LogP contribution is 2.39. The minimum atomic E-state index is 0.662. The van der Waals surface area contributed by atoms with Crippen LogP contribution in [0.4, 0.5) is 11.4 Å². The molecule has 9 aromatic rings. The van der Waals surface area contributed by atoms with Crippen LogP contribution in [0.5, 0.6) is 0 Å². The first-order valence-electron chi connectivity index (χ1n) is 19.4. The number of anilines is 2. The van der Waals surface area contributed by atoms with Crippen LogP contribution in [0.25, 0.3) is 88.9 Å². The van der Waals surface area contributed by atoms with Crippen LogP contribution in [0, 0.1) is 0 Å². The third-order valence-corrected chi connectivity index (χ3v) is 10.6. The Morgan fingerprint density at radius 1 is 0.418 bits per heavy atom. The number of aromatic nitrogens is 5. The smallest absolute Gasteiger partial charge is 0.0973 e. The number of unbranched alkanes of at least 4 members (excludes halogenated alkanes) is 5. The van der Waals surface area contributed by atoms with Crippen molar-refractivity contribution in [1.29, 1.82) is 0 Å². The second-order valence-corrected chi connectivity index (χ2v) is 14.5. The Morgan fingerprint density at radius 2 is 0.855 bits per heavy atom. The highest BCUT2D eigenvalue weighted by Gasteiger charge is 2.19. The van der Waals surface area contributed by atoms with Crippen LogP contribution in [0.3, 0.4) is 0 Å². The average molecular weight is 718 g/mol. The zero-order valence-electron chi connectivity index (χ0n) is 31.0. The van der Waals surface area contributed by atoms with Crippen molar-refractivity contribution in [2.45, 2.75) is 52.0 Å². The predicted octanol–water partition coefficient (Wildman–Crippen LogP) is 11.9. The number of aryl methyl sites for hydroxylation is 1. The molecule has 7 heteroatoms. The lowest BCUT2D eigenvalue weighted by molar-refractivity contribution is 0.571. The van der Waals surface area contributed by atoms with Crippen LogP contribution in [0.2, 0.25) is 0 Å². The zero-order chi connectivity index (χ0) is 37.3. The number of nitrogen functional groups attached to an aromatic ring is 2. The lowest BCUT2D eigenvalue weighted by atomic mass is 9.99. The first-order valence-corrected chi connectivity index (χ1v) is 19.4. The number of fused-ring (bicyclic) bond motifs is 5.